The Morgan fingerprint density at radius 1 is 1.12 bits per heavy atom. The van der Waals surface area contributed by atoms with Crippen molar-refractivity contribution in [2.75, 3.05) is 6.54 Å². The predicted molar refractivity (Wildman–Crippen MR) is 60.0 cm³/mol. The fourth-order valence-corrected chi connectivity index (χ4v) is 1.28. The molecule has 0 aliphatic carbocycles. The Morgan fingerprint density at radius 2 is 1.62 bits per heavy atom. The topological polar surface area (TPSA) is 86.6 Å². The summed E-state index contributed by atoms with van der Waals surface area (Å²) >= 11 is 0. The fraction of sp³-hybridized carbons (Fsp3) is 0.818. The van der Waals surface area contributed by atoms with E-state index in [1.165, 1.54) is 0 Å². The average Bonchev–Trinajstić information content (AvgIpc) is 1.95. The first-order chi connectivity index (χ1) is 7.02. The molecule has 1 amide bonds. The Balaban J connectivity index is 4.09. The number of hydrogen-bond acceptors (Lipinski definition) is 3. The average molecular weight is 231 g/mol. The smallest absolute Gasteiger partial charge is 0.303 e. The van der Waals surface area contributed by atoms with Crippen LogP contribution >= 0.6 is 0 Å². The van der Waals surface area contributed by atoms with Gasteiger partial charge < -0.3 is 15.5 Å². The zero-order valence-corrected chi connectivity index (χ0v) is 10.3. The molecule has 0 aromatic heterocycles. The van der Waals surface area contributed by atoms with E-state index in [9.17, 15) is 14.7 Å². The van der Waals surface area contributed by atoms with Gasteiger partial charge in [0.2, 0.25) is 5.91 Å². The van der Waals surface area contributed by atoms with Crippen LogP contribution in [-0.4, -0.2) is 34.2 Å². The van der Waals surface area contributed by atoms with Crippen molar-refractivity contribution in [3.63, 3.8) is 0 Å². The van der Waals surface area contributed by atoms with E-state index in [0.717, 1.165) is 0 Å². The molecule has 0 unspecified atom stereocenters. The molecule has 0 aliphatic rings. The van der Waals surface area contributed by atoms with Gasteiger partial charge in [0.05, 0.1) is 12.0 Å². The van der Waals surface area contributed by atoms with E-state index in [-0.39, 0.29) is 25.3 Å². The molecule has 0 bridgehead atoms. The molecular weight excluding hydrogens is 210 g/mol. The third kappa shape index (κ3) is 8.23. The quantitative estimate of drug-likeness (QED) is 0.630. The van der Waals surface area contributed by atoms with Gasteiger partial charge in [-0.15, -0.1) is 0 Å². The van der Waals surface area contributed by atoms with Gasteiger partial charge in [0, 0.05) is 13.0 Å². The Bertz CT molecular complexity index is 266. The van der Waals surface area contributed by atoms with E-state index in [2.05, 4.69) is 5.32 Å². The van der Waals surface area contributed by atoms with Gasteiger partial charge >= 0.3 is 5.97 Å². The largest absolute Gasteiger partial charge is 0.481 e. The number of rotatable bonds is 6. The zero-order chi connectivity index (χ0) is 13.0. The maximum atomic E-state index is 11.5. The second kappa shape index (κ2) is 5.30. The minimum Gasteiger partial charge on any atom is -0.481 e. The molecule has 3 N–H and O–H groups in total. The first kappa shape index (κ1) is 14.9. The van der Waals surface area contributed by atoms with Crippen LogP contribution in [0.1, 0.15) is 40.5 Å². The van der Waals surface area contributed by atoms with Crippen LogP contribution in [-0.2, 0) is 9.59 Å². The second-order valence-corrected chi connectivity index (χ2v) is 5.50. The van der Waals surface area contributed by atoms with E-state index in [0.29, 0.717) is 0 Å². The lowest BCUT2D eigenvalue weighted by Gasteiger charge is -2.23. The van der Waals surface area contributed by atoms with Gasteiger partial charge in [-0.25, -0.2) is 0 Å². The van der Waals surface area contributed by atoms with Crippen LogP contribution < -0.4 is 5.32 Å². The van der Waals surface area contributed by atoms with E-state index >= 15 is 0 Å². The van der Waals surface area contributed by atoms with E-state index in [1.807, 2.05) is 0 Å². The molecule has 0 heterocycles. The molecule has 5 nitrogen and oxygen atoms in total. The summed E-state index contributed by atoms with van der Waals surface area (Å²) in [7, 11) is 0. The molecule has 0 aromatic carbocycles. The van der Waals surface area contributed by atoms with Gasteiger partial charge in [-0.1, -0.05) is 13.8 Å². The Hall–Kier alpha value is -1.10. The number of carboxylic acid groups (broad SMARTS) is 1. The van der Waals surface area contributed by atoms with Crippen molar-refractivity contribution in [1.82, 2.24) is 5.32 Å². The normalized spacial score (nSPS) is 12.3. The van der Waals surface area contributed by atoms with Gasteiger partial charge in [-0.2, -0.15) is 0 Å². The predicted octanol–water partition coefficient (Wildman–Crippen LogP) is 0.764. The minimum absolute atomic E-state index is 0.0526. The van der Waals surface area contributed by atoms with Crippen molar-refractivity contribution < 1.29 is 19.8 Å². The monoisotopic (exact) mass is 231 g/mol. The third-order valence-corrected chi connectivity index (χ3v) is 1.99. The molecule has 0 aromatic rings. The summed E-state index contributed by atoms with van der Waals surface area (Å²) in [6.07, 6.45) is 0.0817. The number of carboxylic acids is 1. The third-order valence-electron chi connectivity index (χ3n) is 1.99. The number of carbonyl (C=O) groups excluding carboxylic acids is 1. The maximum absolute atomic E-state index is 11.5. The Morgan fingerprint density at radius 3 is 2.00 bits per heavy atom. The molecule has 0 fully saturated rings. The highest BCUT2D eigenvalue weighted by molar-refractivity contribution is 5.77. The molecule has 0 spiro atoms. The molecule has 94 valence electrons. The molecule has 0 saturated carbocycles. The highest BCUT2D eigenvalue weighted by Crippen LogP contribution is 2.24. The summed E-state index contributed by atoms with van der Waals surface area (Å²) in [5, 5.41) is 20.6. The maximum Gasteiger partial charge on any atom is 0.303 e. The zero-order valence-electron chi connectivity index (χ0n) is 10.3. The SMILES string of the molecule is CC(C)(O)CNC(=O)CC(C)(C)CC(=O)O. The van der Waals surface area contributed by atoms with Crippen molar-refractivity contribution in [3.8, 4) is 0 Å². The number of aliphatic carboxylic acids is 1. The fourth-order valence-electron chi connectivity index (χ4n) is 1.28. The van der Waals surface area contributed by atoms with E-state index in [1.54, 1.807) is 27.7 Å². The van der Waals surface area contributed by atoms with Crippen LogP contribution in [0.2, 0.25) is 0 Å². The van der Waals surface area contributed by atoms with Crippen LogP contribution in [0.25, 0.3) is 0 Å². The van der Waals surface area contributed by atoms with Gasteiger partial charge in [0.1, 0.15) is 0 Å². The highest BCUT2D eigenvalue weighted by atomic mass is 16.4. The second-order valence-electron chi connectivity index (χ2n) is 5.50. The lowest BCUT2D eigenvalue weighted by Crippen LogP contribution is -2.39. The van der Waals surface area contributed by atoms with Crippen LogP contribution in [0.15, 0.2) is 0 Å². The number of hydrogen-bond donors (Lipinski definition) is 3. The summed E-state index contributed by atoms with van der Waals surface area (Å²) in [6, 6.07) is 0. The highest BCUT2D eigenvalue weighted by Gasteiger charge is 2.25. The van der Waals surface area contributed by atoms with Crippen molar-refractivity contribution in [1.29, 1.82) is 0 Å². The molecule has 0 radical (unpaired) electrons. The summed E-state index contributed by atoms with van der Waals surface area (Å²) in [6.45, 7) is 6.80. The Kier molecular flexibility index (Phi) is 4.93. The summed E-state index contributed by atoms with van der Waals surface area (Å²) in [4.78, 5) is 22.0. The van der Waals surface area contributed by atoms with Gasteiger partial charge in [-0.05, 0) is 19.3 Å². The standard InChI is InChI=1S/C11H21NO4/c1-10(2,6-9(14)15)5-8(13)12-7-11(3,4)16/h16H,5-7H2,1-4H3,(H,12,13)(H,14,15). The summed E-state index contributed by atoms with van der Waals surface area (Å²) < 4.78 is 0. The first-order valence-electron chi connectivity index (χ1n) is 5.23. The summed E-state index contributed by atoms with van der Waals surface area (Å²) in [5.74, 6) is -1.16. The molecule has 0 aliphatic heterocycles. The lowest BCUT2D eigenvalue weighted by molar-refractivity contribution is -0.139. The van der Waals surface area contributed by atoms with E-state index in [4.69, 9.17) is 5.11 Å². The van der Waals surface area contributed by atoms with Crippen molar-refractivity contribution in [2.45, 2.75) is 46.1 Å². The molecule has 0 rings (SSSR count). The number of amides is 1. The molecule has 5 heteroatoms. The number of nitrogens with one attached hydrogen (secondary N) is 1. The number of aliphatic hydroxyl groups is 1. The first-order valence-corrected chi connectivity index (χ1v) is 5.23. The van der Waals surface area contributed by atoms with Crippen molar-refractivity contribution >= 4 is 11.9 Å². The van der Waals surface area contributed by atoms with Crippen LogP contribution in [0.5, 0.6) is 0 Å². The molecule has 0 atom stereocenters. The lowest BCUT2D eigenvalue weighted by atomic mass is 9.85. The Labute approximate surface area is 95.9 Å². The van der Waals surface area contributed by atoms with Crippen molar-refractivity contribution in [3.05, 3.63) is 0 Å². The molecular formula is C11H21NO4. The van der Waals surface area contributed by atoms with Crippen LogP contribution in [0.4, 0.5) is 0 Å². The molecule has 0 saturated heterocycles. The van der Waals surface area contributed by atoms with E-state index < -0.39 is 17.0 Å². The van der Waals surface area contributed by atoms with Crippen LogP contribution in [0, 0.1) is 5.41 Å². The molecule has 16 heavy (non-hydrogen) atoms. The van der Waals surface area contributed by atoms with Gasteiger partial charge in [0.25, 0.3) is 0 Å². The van der Waals surface area contributed by atoms with Gasteiger partial charge in [-0.3, -0.25) is 9.59 Å². The minimum atomic E-state index is -0.952. The van der Waals surface area contributed by atoms with Gasteiger partial charge in [0.15, 0.2) is 0 Å². The van der Waals surface area contributed by atoms with Crippen molar-refractivity contribution in [2.24, 2.45) is 5.41 Å². The number of carbonyl (C=O) groups is 2. The summed E-state index contributed by atoms with van der Waals surface area (Å²) in [5.41, 5.74) is -1.53. The van der Waals surface area contributed by atoms with Crippen LogP contribution in [0.3, 0.4) is 0 Å².